The van der Waals surface area contributed by atoms with Gasteiger partial charge in [0.05, 0.1) is 0 Å². The molecular formula is C21H27N2SSi+. The van der Waals surface area contributed by atoms with Crippen molar-refractivity contribution in [1.82, 2.24) is 0 Å². The van der Waals surface area contributed by atoms with Crippen LogP contribution in [0.4, 0.5) is 5.69 Å². The van der Waals surface area contributed by atoms with Crippen LogP contribution in [0.1, 0.15) is 11.1 Å². The molecule has 0 saturated carbocycles. The number of nitrogens with zero attached hydrogens (tertiary/aromatic N) is 2. The third-order valence-corrected chi connectivity index (χ3v) is 10.3. The zero-order chi connectivity index (χ0) is 17.9. The minimum atomic E-state index is -1.73. The lowest BCUT2D eigenvalue weighted by molar-refractivity contribution is -0.462. The number of hydrogen-bond acceptors (Lipinski definition) is 2. The summed E-state index contributed by atoms with van der Waals surface area (Å²) >= 11 is 2.05. The number of hydrogen-bond donors (Lipinski definition) is 0. The van der Waals surface area contributed by atoms with Crippen molar-refractivity contribution in [3.63, 3.8) is 0 Å². The molecule has 1 aromatic rings. The van der Waals surface area contributed by atoms with Gasteiger partial charge in [-0.2, -0.15) is 0 Å². The van der Waals surface area contributed by atoms with Crippen LogP contribution in [0.5, 0.6) is 0 Å². The van der Waals surface area contributed by atoms with Gasteiger partial charge in [0.25, 0.3) is 0 Å². The number of allylic oxidation sites excluding steroid dienone is 5. The van der Waals surface area contributed by atoms with Crippen LogP contribution >= 0.6 is 11.8 Å². The van der Waals surface area contributed by atoms with Crippen LogP contribution in [-0.2, 0) is 6.42 Å². The maximum atomic E-state index is 2.52. The van der Waals surface area contributed by atoms with Gasteiger partial charge in [-0.25, -0.2) is 4.58 Å². The number of rotatable bonds is 1. The van der Waals surface area contributed by atoms with E-state index < -0.39 is 8.07 Å². The molecule has 1 aromatic carbocycles. The summed E-state index contributed by atoms with van der Waals surface area (Å²) in [5.74, 6) is 1.19. The third kappa shape index (κ3) is 2.49. The first-order valence-corrected chi connectivity index (χ1v) is 13.0. The lowest BCUT2D eigenvalue weighted by atomic mass is 9.97. The topological polar surface area (TPSA) is 6.25 Å². The molecule has 4 heteroatoms. The molecule has 0 bridgehead atoms. The molecule has 0 unspecified atom stereocenters. The highest BCUT2D eigenvalue weighted by Crippen LogP contribution is 2.47. The molecule has 0 saturated heterocycles. The van der Waals surface area contributed by atoms with Gasteiger partial charge < -0.3 is 4.90 Å². The van der Waals surface area contributed by atoms with Gasteiger partial charge in [-0.3, -0.25) is 0 Å². The van der Waals surface area contributed by atoms with Crippen molar-refractivity contribution in [3.8, 4) is 0 Å². The van der Waals surface area contributed by atoms with Gasteiger partial charge in [-0.1, -0.05) is 13.1 Å². The second-order valence-corrected chi connectivity index (χ2v) is 13.5. The largest absolute Gasteiger partial charge is 0.378 e. The van der Waals surface area contributed by atoms with Crippen LogP contribution in [0.15, 0.2) is 41.1 Å². The molecular weight excluding hydrogens is 340 g/mol. The summed E-state index contributed by atoms with van der Waals surface area (Å²) in [7, 11) is 6.86. The van der Waals surface area contributed by atoms with Crippen LogP contribution < -0.4 is 10.1 Å². The highest BCUT2D eigenvalue weighted by atomic mass is 32.2. The molecule has 3 aliphatic rings. The monoisotopic (exact) mass is 367 g/mol. The summed E-state index contributed by atoms with van der Waals surface area (Å²) in [6, 6.07) is 4.89. The molecule has 4 rings (SSSR count). The Labute approximate surface area is 156 Å². The Morgan fingerprint density at radius 2 is 1.88 bits per heavy atom. The third-order valence-electron chi connectivity index (χ3n) is 5.68. The van der Waals surface area contributed by atoms with E-state index in [0.29, 0.717) is 0 Å². The number of fused-ring (bicyclic) bond motifs is 1. The summed E-state index contributed by atoms with van der Waals surface area (Å²) in [5.41, 5.74) is 7.29. The van der Waals surface area contributed by atoms with Gasteiger partial charge in [-0.05, 0) is 51.7 Å². The summed E-state index contributed by atoms with van der Waals surface area (Å²) in [4.78, 5) is 3.78. The van der Waals surface area contributed by atoms with Crippen molar-refractivity contribution < 1.29 is 4.58 Å². The van der Waals surface area contributed by atoms with Crippen LogP contribution in [0.25, 0.3) is 4.91 Å². The first-order valence-electron chi connectivity index (χ1n) is 8.98. The fraction of sp³-hybridized carbons (Fsp3) is 0.381. The van der Waals surface area contributed by atoms with Crippen molar-refractivity contribution in [3.05, 3.63) is 52.3 Å². The van der Waals surface area contributed by atoms with E-state index in [-0.39, 0.29) is 0 Å². The second kappa shape index (κ2) is 5.75. The molecule has 1 aliphatic carbocycles. The smallest absolute Gasteiger partial charge is 0.199 e. The number of anilines is 1. The summed E-state index contributed by atoms with van der Waals surface area (Å²) in [6.45, 7) is 5.05. The normalized spacial score (nSPS) is 20.1. The molecule has 0 amide bonds. The average Bonchev–Trinajstić information content (AvgIpc) is 2.58. The maximum Gasteiger partial charge on any atom is 0.199 e. The van der Waals surface area contributed by atoms with Crippen LogP contribution in [0.3, 0.4) is 0 Å². The Morgan fingerprint density at radius 1 is 1.12 bits per heavy atom. The molecule has 0 spiro atoms. The highest BCUT2D eigenvalue weighted by Gasteiger charge is 2.42. The van der Waals surface area contributed by atoms with Gasteiger partial charge in [0.15, 0.2) is 5.71 Å². The number of benzene rings is 1. The number of aryl methyl sites for hydroxylation is 1. The zero-order valence-corrected chi connectivity index (χ0v) is 17.9. The lowest BCUT2D eigenvalue weighted by Crippen LogP contribution is -2.50. The van der Waals surface area contributed by atoms with Crippen molar-refractivity contribution in [2.45, 2.75) is 19.5 Å². The van der Waals surface area contributed by atoms with Crippen LogP contribution in [0.2, 0.25) is 13.1 Å². The molecule has 2 nitrogen and oxygen atoms in total. The van der Waals surface area contributed by atoms with Gasteiger partial charge in [0, 0.05) is 42.6 Å². The summed E-state index contributed by atoms with van der Waals surface area (Å²) in [6.07, 6.45) is 8.30. The van der Waals surface area contributed by atoms with E-state index in [1.807, 2.05) is 0 Å². The fourth-order valence-electron chi connectivity index (χ4n) is 4.12. The van der Waals surface area contributed by atoms with Crippen molar-refractivity contribution in [2.24, 2.45) is 0 Å². The zero-order valence-electron chi connectivity index (χ0n) is 16.1. The first-order chi connectivity index (χ1) is 11.8. The molecule has 0 fully saturated rings. The van der Waals surface area contributed by atoms with E-state index in [1.165, 1.54) is 34.1 Å². The first kappa shape index (κ1) is 16.9. The van der Waals surface area contributed by atoms with Crippen LogP contribution in [0, 0.1) is 0 Å². The minimum absolute atomic E-state index is 1.19. The fourth-order valence-corrected chi connectivity index (χ4v) is 8.65. The quantitative estimate of drug-likeness (QED) is 0.554. The Bertz CT molecular complexity index is 897. The number of thioether (sulfide) groups is 1. The summed E-state index contributed by atoms with van der Waals surface area (Å²) in [5, 5.41) is 3.22. The molecule has 0 N–H and O–H groups in total. The van der Waals surface area contributed by atoms with Gasteiger partial charge >= 0.3 is 0 Å². The van der Waals surface area contributed by atoms with E-state index in [4.69, 9.17) is 0 Å². The molecule has 0 aromatic heterocycles. The standard InChI is InChI=1S/C21H27N2SSi/c1-22(2)15-7-8-17-18(12-15)25(5,6)19-13-16(23(3)4)11-14-9-10-24-21(17)20(14)19/h7-8,11-13H,9-10H2,1-6H3/q+1. The van der Waals surface area contributed by atoms with Gasteiger partial charge in [-0.15, -0.1) is 11.8 Å². The molecule has 130 valence electrons. The minimum Gasteiger partial charge on any atom is -0.378 e. The predicted molar refractivity (Wildman–Crippen MR) is 115 cm³/mol. The molecule has 2 aliphatic heterocycles. The average molecular weight is 368 g/mol. The predicted octanol–water partition coefficient (Wildman–Crippen LogP) is 3.43. The van der Waals surface area contributed by atoms with Crippen molar-refractivity contribution in [2.75, 3.05) is 38.8 Å². The molecule has 2 heterocycles. The second-order valence-electron chi connectivity index (χ2n) is 8.10. The van der Waals surface area contributed by atoms with E-state index >= 15 is 0 Å². The molecule has 0 atom stereocenters. The van der Waals surface area contributed by atoms with E-state index in [0.717, 1.165) is 0 Å². The van der Waals surface area contributed by atoms with Crippen molar-refractivity contribution >= 4 is 41.3 Å². The van der Waals surface area contributed by atoms with E-state index in [9.17, 15) is 0 Å². The lowest BCUT2D eigenvalue weighted by Gasteiger charge is -2.40. The maximum absolute atomic E-state index is 2.52. The van der Waals surface area contributed by atoms with Gasteiger partial charge in [0.1, 0.15) is 22.2 Å². The molecule has 0 radical (unpaired) electrons. The van der Waals surface area contributed by atoms with E-state index in [2.05, 4.69) is 92.9 Å². The Kier molecular flexibility index (Phi) is 3.89. The van der Waals surface area contributed by atoms with Gasteiger partial charge in [0.2, 0.25) is 0 Å². The Morgan fingerprint density at radius 3 is 2.56 bits per heavy atom. The highest BCUT2D eigenvalue weighted by molar-refractivity contribution is 8.08. The Balaban J connectivity index is 2.06. The van der Waals surface area contributed by atoms with Crippen molar-refractivity contribution in [1.29, 1.82) is 0 Å². The van der Waals surface area contributed by atoms with Crippen LogP contribution in [-0.4, -0.2) is 52.3 Å². The summed E-state index contributed by atoms with van der Waals surface area (Å²) < 4.78 is 2.22. The SMILES string of the molecule is CN(C)c1cc2c3c(c1)[Si](C)(C)C1=CC(=[N+](C)C)C=CC1=C3SCC2. The van der Waals surface area contributed by atoms with E-state index in [1.54, 1.807) is 21.5 Å². The Hall–Kier alpha value is -1.52. The molecule has 25 heavy (non-hydrogen) atoms.